The number of hydrogen-bond acceptors (Lipinski definition) is 0. The van der Waals surface area contributed by atoms with Crippen molar-refractivity contribution >= 4 is 15.9 Å². The van der Waals surface area contributed by atoms with E-state index in [0.29, 0.717) is 12.1 Å². The van der Waals surface area contributed by atoms with E-state index in [0.717, 1.165) is 6.07 Å². The molecule has 0 saturated heterocycles. The molecule has 88 valence electrons. The third-order valence-corrected chi connectivity index (χ3v) is 2.86. The van der Waals surface area contributed by atoms with Crippen LogP contribution in [0.25, 0.3) is 11.1 Å². The Balaban J connectivity index is 2.64. The quantitative estimate of drug-likeness (QED) is 0.672. The third-order valence-electron chi connectivity index (χ3n) is 2.22. The molecule has 0 aliphatic heterocycles. The molecule has 0 aromatic heterocycles. The Kier molecular flexibility index (Phi) is 3.19. The summed E-state index contributed by atoms with van der Waals surface area (Å²) < 4.78 is 53.0. The summed E-state index contributed by atoms with van der Waals surface area (Å²) in [6.07, 6.45) is 0. The van der Waals surface area contributed by atoms with Gasteiger partial charge in [0.25, 0.3) is 0 Å². The summed E-state index contributed by atoms with van der Waals surface area (Å²) in [6.45, 7) is 0. The fourth-order valence-corrected chi connectivity index (χ4v) is 1.72. The van der Waals surface area contributed by atoms with Gasteiger partial charge in [0.1, 0.15) is 23.3 Å². The standard InChI is InChI=1S/C12H5BrF4/c13-8-2-1-6(3-9(8)15)12-10(16)4-7(14)5-11(12)17/h1-5H. The maximum absolute atomic E-state index is 13.4. The molecule has 0 saturated carbocycles. The van der Waals surface area contributed by atoms with Gasteiger partial charge in [-0.25, -0.2) is 17.6 Å². The highest BCUT2D eigenvalue weighted by molar-refractivity contribution is 9.10. The molecule has 0 radical (unpaired) electrons. The molecular formula is C12H5BrF4. The molecule has 0 unspecified atom stereocenters. The lowest BCUT2D eigenvalue weighted by Crippen LogP contribution is -1.93. The van der Waals surface area contributed by atoms with Crippen molar-refractivity contribution < 1.29 is 17.6 Å². The molecule has 5 heteroatoms. The average Bonchev–Trinajstić information content (AvgIpc) is 2.21. The molecule has 17 heavy (non-hydrogen) atoms. The van der Waals surface area contributed by atoms with Crippen molar-refractivity contribution in [3.63, 3.8) is 0 Å². The van der Waals surface area contributed by atoms with Gasteiger partial charge in [-0.2, -0.15) is 0 Å². The number of benzene rings is 2. The van der Waals surface area contributed by atoms with E-state index in [1.807, 2.05) is 0 Å². The van der Waals surface area contributed by atoms with Crippen molar-refractivity contribution in [1.29, 1.82) is 0 Å². The first kappa shape index (κ1) is 12.1. The molecule has 2 aromatic rings. The second kappa shape index (κ2) is 4.49. The first-order valence-electron chi connectivity index (χ1n) is 4.59. The SMILES string of the molecule is Fc1cc(F)c(-c2ccc(Br)c(F)c2)c(F)c1. The van der Waals surface area contributed by atoms with E-state index in [9.17, 15) is 17.6 Å². The van der Waals surface area contributed by atoms with Gasteiger partial charge in [-0.1, -0.05) is 6.07 Å². The van der Waals surface area contributed by atoms with Crippen molar-refractivity contribution in [2.45, 2.75) is 0 Å². The molecule has 0 N–H and O–H groups in total. The van der Waals surface area contributed by atoms with Crippen molar-refractivity contribution in [3.05, 3.63) is 58.1 Å². The number of halogens is 5. The Morgan fingerprint density at radius 1 is 0.765 bits per heavy atom. The average molecular weight is 305 g/mol. The van der Waals surface area contributed by atoms with Crippen LogP contribution in [0.4, 0.5) is 17.6 Å². The minimum absolute atomic E-state index is 0.0145. The zero-order chi connectivity index (χ0) is 12.6. The van der Waals surface area contributed by atoms with Crippen molar-refractivity contribution in [3.8, 4) is 11.1 Å². The normalized spacial score (nSPS) is 10.6. The highest BCUT2D eigenvalue weighted by Crippen LogP contribution is 2.29. The van der Waals surface area contributed by atoms with Crippen LogP contribution in [0.2, 0.25) is 0 Å². The summed E-state index contributed by atoms with van der Waals surface area (Å²) >= 11 is 2.93. The molecule has 0 bridgehead atoms. The summed E-state index contributed by atoms with van der Waals surface area (Å²) in [4.78, 5) is 0. The maximum Gasteiger partial charge on any atom is 0.137 e. The van der Waals surface area contributed by atoms with Gasteiger partial charge < -0.3 is 0 Å². The lowest BCUT2D eigenvalue weighted by atomic mass is 10.0. The second-order valence-corrected chi connectivity index (χ2v) is 4.23. The van der Waals surface area contributed by atoms with Crippen LogP contribution in [0, 0.1) is 23.3 Å². The molecule has 2 rings (SSSR count). The van der Waals surface area contributed by atoms with Crippen LogP contribution in [0.5, 0.6) is 0 Å². The molecule has 0 spiro atoms. The first-order valence-corrected chi connectivity index (χ1v) is 5.38. The van der Waals surface area contributed by atoms with Gasteiger partial charge >= 0.3 is 0 Å². The van der Waals surface area contributed by atoms with Crippen LogP contribution in [-0.4, -0.2) is 0 Å². The molecule has 0 heterocycles. The van der Waals surface area contributed by atoms with Crippen LogP contribution >= 0.6 is 15.9 Å². The minimum Gasteiger partial charge on any atom is -0.207 e. The van der Waals surface area contributed by atoms with Crippen LogP contribution in [0.15, 0.2) is 34.8 Å². The molecule has 0 fully saturated rings. The van der Waals surface area contributed by atoms with Crippen molar-refractivity contribution in [1.82, 2.24) is 0 Å². The van der Waals surface area contributed by atoms with Gasteiger partial charge in [-0.3, -0.25) is 0 Å². The Bertz CT molecular complexity index is 558. The molecule has 0 amide bonds. The van der Waals surface area contributed by atoms with E-state index < -0.39 is 28.8 Å². The van der Waals surface area contributed by atoms with E-state index in [1.54, 1.807) is 0 Å². The smallest absolute Gasteiger partial charge is 0.137 e. The Morgan fingerprint density at radius 2 is 1.35 bits per heavy atom. The monoisotopic (exact) mass is 304 g/mol. The van der Waals surface area contributed by atoms with Crippen LogP contribution in [-0.2, 0) is 0 Å². The molecule has 0 aliphatic rings. The number of hydrogen-bond donors (Lipinski definition) is 0. The maximum atomic E-state index is 13.4. The van der Waals surface area contributed by atoms with Crippen molar-refractivity contribution in [2.24, 2.45) is 0 Å². The molecule has 2 aromatic carbocycles. The third kappa shape index (κ3) is 2.34. The van der Waals surface area contributed by atoms with Gasteiger partial charge in [-0.05, 0) is 33.6 Å². The van der Waals surface area contributed by atoms with Crippen LogP contribution < -0.4 is 0 Å². The summed E-state index contributed by atoms with van der Waals surface area (Å²) in [5.41, 5.74) is -0.432. The number of rotatable bonds is 1. The van der Waals surface area contributed by atoms with E-state index in [4.69, 9.17) is 0 Å². The summed E-state index contributed by atoms with van der Waals surface area (Å²) in [7, 11) is 0. The van der Waals surface area contributed by atoms with E-state index >= 15 is 0 Å². The van der Waals surface area contributed by atoms with Gasteiger partial charge in [0.15, 0.2) is 0 Å². The lowest BCUT2D eigenvalue weighted by Gasteiger charge is -2.06. The van der Waals surface area contributed by atoms with Crippen LogP contribution in [0.1, 0.15) is 0 Å². The zero-order valence-corrected chi connectivity index (χ0v) is 9.86. The topological polar surface area (TPSA) is 0 Å². The second-order valence-electron chi connectivity index (χ2n) is 3.37. The largest absolute Gasteiger partial charge is 0.207 e. The Labute approximate surface area is 103 Å². The molecule has 0 nitrogen and oxygen atoms in total. The first-order chi connectivity index (χ1) is 7.99. The van der Waals surface area contributed by atoms with Crippen molar-refractivity contribution in [2.75, 3.05) is 0 Å². The minimum atomic E-state index is -1.07. The van der Waals surface area contributed by atoms with Gasteiger partial charge in [0, 0.05) is 12.1 Å². The Hall–Kier alpha value is -1.36. The predicted octanol–water partition coefficient (Wildman–Crippen LogP) is 4.67. The lowest BCUT2D eigenvalue weighted by molar-refractivity contribution is 0.547. The highest BCUT2D eigenvalue weighted by Gasteiger charge is 2.14. The van der Waals surface area contributed by atoms with E-state index in [-0.39, 0.29) is 10.0 Å². The van der Waals surface area contributed by atoms with E-state index in [1.165, 1.54) is 12.1 Å². The van der Waals surface area contributed by atoms with Crippen LogP contribution in [0.3, 0.4) is 0 Å². The van der Waals surface area contributed by atoms with Gasteiger partial charge in [0.05, 0.1) is 10.0 Å². The highest BCUT2D eigenvalue weighted by atomic mass is 79.9. The predicted molar refractivity (Wildman–Crippen MR) is 59.4 cm³/mol. The summed E-state index contributed by atoms with van der Waals surface area (Å²) in [5.74, 6) is -3.79. The van der Waals surface area contributed by atoms with Gasteiger partial charge in [-0.15, -0.1) is 0 Å². The fourth-order valence-electron chi connectivity index (χ4n) is 1.47. The molecular weight excluding hydrogens is 300 g/mol. The molecule has 0 aliphatic carbocycles. The molecule has 0 atom stereocenters. The van der Waals surface area contributed by atoms with E-state index in [2.05, 4.69) is 15.9 Å². The summed E-state index contributed by atoms with van der Waals surface area (Å²) in [5, 5.41) is 0. The summed E-state index contributed by atoms with van der Waals surface area (Å²) in [6, 6.07) is 4.75. The Morgan fingerprint density at radius 3 is 1.88 bits per heavy atom. The zero-order valence-electron chi connectivity index (χ0n) is 8.28. The van der Waals surface area contributed by atoms with Gasteiger partial charge in [0.2, 0.25) is 0 Å². The fraction of sp³-hybridized carbons (Fsp3) is 0.